The van der Waals surface area contributed by atoms with Crippen LogP contribution in [0.15, 0.2) is 42.5 Å². The maximum absolute atomic E-state index is 13.8. The highest BCUT2D eigenvalue weighted by molar-refractivity contribution is 6.01. The molecule has 6 nitrogen and oxygen atoms in total. The molecule has 28 heavy (non-hydrogen) atoms. The van der Waals surface area contributed by atoms with E-state index in [2.05, 4.69) is 5.32 Å². The molecule has 0 atom stereocenters. The van der Waals surface area contributed by atoms with Gasteiger partial charge >= 0.3 is 0 Å². The van der Waals surface area contributed by atoms with Crippen LogP contribution in [0.1, 0.15) is 27.9 Å². The first-order valence-electron chi connectivity index (χ1n) is 9.21. The van der Waals surface area contributed by atoms with Gasteiger partial charge in [-0.3, -0.25) is 9.59 Å². The summed E-state index contributed by atoms with van der Waals surface area (Å²) in [5, 5.41) is 2.73. The van der Waals surface area contributed by atoms with E-state index >= 15 is 0 Å². The Hall–Kier alpha value is -2.77. The van der Waals surface area contributed by atoms with Crippen LogP contribution < -0.4 is 10.2 Å². The van der Waals surface area contributed by atoms with Crippen LogP contribution in [0.25, 0.3) is 0 Å². The summed E-state index contributed by atoms with van der Waals surface area (Å²) in [4.78, 5) is 25.8. The largest absolute Gasteiger partial charge is 0.352 e. The predicted molar refractivity (Wildman–Crippen MR) is 100 cm³/mol. The molecule has 0 saturated carbocycles. The zero-order valence-corrected chi connectivity index (χ0v) is 15.5. The molecule has 7 heteroatoms. The third kappa shape index (κ3) is 3.27. The van der Waals surface area contributed by atoms with E-state index in [-0.39, 0.29) is 18.0 Å². The van der Waals surface area contributed by atoms with E-state index < -0.39 is 17.5 Å². The lowest BCUT2D eigenvalue weighted by atomic mass is 9.98. The summed E-state index contributed by atoms with van der Waals surface area (Å²) in [7, 11) is 1.75. The quantitative estimate of drug-likeness (QED) is 0.860. The zero-order valence-electron chi connectivity index (χ0n) is 15.5. The lowest BCUT2D eigenvalue weighted by molar-refractivity contribution is -0.169. The number of likely N-dealkylation sites (N-methyl/N-ethyl adjacent to an activating group) is 1. The minimum atomic E-state index is -0.984. The molecule has 2 aliphatic heterocycles. The minimum Gasteiger partial charge on any atom is -0.352 e. The number of carbonyl (C=O) groups excluding carboxylic acids is 2. The fourth-order valence-electron chi connectivity index (χ4n) is 3.70. The summed E-state index contributed by atoms with van der Waals surface area (Å²) in [5.41, 5.74) is 2.63. The SMILES string of the molecule is CN1C(=O)Cc2cc(C3(CCNC(=O)c4ccccc4F)OCCO3)ccc21. The van der Waals surface area contributed by atoms with Crippen LogP contribution in [-0.4, -0.2) is 38.6 Å². The van der Waals surface area contributed by atoms with Crippen LogP contribution in [0.2, 0.25) is 0 Å². The van der Waals surface area contributed by atoms with Crippen LogP contribution in [0, 0.1) is 5.82 Å². The number of amides is 2. The van der Waals surface area contributed by atoms with Crippen molar-refractivity contribution in [1.29, 1.82) is 0 Å². The summed E-state index contributed by atoms with van der Waals surface area (Å²) < 4.78 is 25.6. The first kappa shape index (κ1) is 18.6. The van der Waals surface area contributed by atoms with Crippen LogP contribution >= 0.6 is 0 Å². The average molecular weight is 384 g/mol. The maximum Gasteiger partial charge on any atom is 0.254 e. The van der Waals surface area contributed by atoms with E-state index in [9.17, 15) is 14.0 Å². The third-order valence-electron chi connectivity index (χ3n) is 5.21. The highest BCUT2D eigenvalue weighted by atomic mass is 19.1. The Morgan fingerprint density at radius 2 is 1.96 bits per heavy atom. The molecule has 0 unspecified atom stereocenters. The predicted octanol–water partition coefficient (Wildman–Crippen LogP) is 2.36. The molecule has 4 rings (SSSR count). The van der Waals surface area contributed by atoms with Gasteiger partial charge in [-0.25, -0.2) is 4.39 Å². The number of nitrogens with zero attached hydrogens (tertiary/aromatic N) is 1. The van der Waals surface area contributed by atoms with Crippen LogP contribution in [0.4, 0.5) is 10.1 Å². The number of halogens is 1. The molecule has 1 saturated heterocycles. The van der Waals surface area contributed by atoms with Crippen molar-refractivity contribution in [3.8, 4) is 0 Å². The molecule has 2 heterocycles. The maximum atomic E-state index is 13.8. The second-order valence-electron chi connectivity index (χ2n) is 6.91. The van der Waals surface area contributed by atoms with Crippen molar-refractivity contribution in [2.75, 3.05) is 31.7 Å². The van der Waals surface area contributed by atoms with Gasteiger partial charge in [-0.05, 0) is 29.8 Å². The first-order chi connectivity index (χ1) is 13.5. The molecular formula is C21H21FN2O4. The Bertz CT molecular complexity index is 924. The normalized spacial score (nSPS) is 17.6. The van der Waals surface area contributed by atoms with E-state index in [0.29, 0.717) is 26.1 Å². The molecule has 0 spiro atoms. The van der Waals surface area contributed by atoms with Crippen molar-refractivity contribution >= 4 is 17.5 Å². The van der Waals surface area contributed by atoms with Crippen molar-refractivity contribution in [3.05, 3.63) is 65.0 Å². The van der Waals surface area contributed by atoms with Gasteiger partial charge in [0.2, 0.25) is 5.91 Å². The average Bonchev–Trinajstić information content (AvgIpc) is 3.27. The number of nitrogens with one attached hydrogen (secondary N) is 1. The Morgan fingerprint density at radius 3 is 2.71 bits per heavy atom. The molecule has 1 N–H and O–H groups in total. The van der Waals surface area contributed by atoms with Gasteiger partial charge in [0.1, 0.15) is 5.82 Å². The van der Waals surface area contributed by atoms with Crippen LogP contribution in [0.3, 0.4) is 0 Å². The lowest BCUT2D eigenvalue weighted by Crippen LogP contribution is -2.34. The molecule has 2 aliphatic rings. The molecule has 1 fully saturated rings. The van der Waals surface area contributed by atoms with Gasteiger partial charge in [0.15, 0.2) is 5.79 Å². The van der Waals surface area contributed by atoms with Gasteiger partial charge < -0.3 is 19.7 Å². The second-order valence-corrected chi connectivity index (χ2v) is 6.91. The number of hydrogen-bond donors (Lipinski definition) is 1. The topological polar surface area (TPSA) is 67.9 Å². The van der Waals surface area contributed by atoms with Crippen molar-refractivity contribution in [2.45, 2.75) is 18.6 Å². The van der Waals surface area contributed by atoms with Gasteiger partial charge in [0.05, 0.1) is 25.2 Å². The second kappa shape index (κ2) is 7.33. The fraction of sp³-hybridized carbons (Fsp3) is 0.333. The summed E-state index contributed by atoms with van der Waals surface area (Å²) in [6, 6.07) is 11.6. The summed E-state index contributed by atoms with van der Waals surface area (Å²) in [6.45, 7) is 1.14. The number of fused-ring (bicyclic) bond motifs is 1. The van der Waals surface area contributed by atoms with Gasteiger partial charge in [0, 0.05) is 31.3 Å². The zero-order chi connectivity index (χ0) is 19.7. The molecule has 146 valence electrons. The molecule has 2 aromatic carbocycles. The Morgan fingerprint density at radius 1 is 1.21 bits per heavy atom. The smallest absolute Gasteiger partial charge is 0.254 e. The first-order valence-corrected chi connectivity index (χ1v) is 9.21. The number of rotatable bonds is 5. The Kier molecular flexibility index (Phi) is 4.87. The highest BCUT2D eigenvalue weighted by Crippen LogP contribution is 2.38. The van der Waals surface area contributed by atoms with Crippen molar-refractivity contribution < 1.29 is 23.5 Å². The fourth-order valence-corrected chi connectivity index (χ4v) is 3.70. The standard InChI is InChI=1S/C21H21FN2O4/c1-24-18-7-6-15(12-14(18)13-19(24)25)21(27-10-11-28-21)8-9-23-20(26)16-4-2-3-5-17(16)22/h2-7,12H,8-11,13H2,1H3,(H,23,26). The van der Waals surface area contributed by atoms with Gasteiger partial charge in [-0.1, -0.05) is 18.2 Å². The lowest BCUT2D eigenvalue weighted by Gasteiger charge is -2.28. The molecule has 0 bridgehead atoms. The number of anilines is 1. The van der Waals surface area contributed by atoms with E-state index in [0.717, 1.165) is 16.8 Å². The Labute approximate surface area is 162 Å². The van der Waals surface area contributed by atoms with Gasteiger partial charge in [-0.2, -0.15) is 0 Å². The molecule has 0 aromatic heterocycles. The Balaban J connectivity index is 1.49. The summed E-state index contributed by atoms with van der Waals surface area (Å²) >= 11 is 0. The van der Waals surface area contributed by atoms with Crippen molar-refractivity contribution in [1.82, 2.24) is 5.32 Å². The van der Waals surface area contributed by atoms with E-state index in [1.807, 2.05) is 18.2 Å². The number of hydrogen-bond acceptors (Lipinski definition) is 4. The highest BCUT2D eigenvalue weighted by Gasteiger charge is 2.39. The van der Waals surface area contributed by atoms with Crippen LogP contribution in [-0.2, 0) is 26.5 Å². The third-order valence-corrected chi connectivity index (χ3v) is 5.21. The summed E-state index contributed by atoms with van der Waals surface area (Å²) in [6.07, 6.45) is 0.718. The molecule has 0 aliphatic carbocycles. The van der Waals surface area contributed by atoms with Gasteiger partial charge in [0.25, 0.3) is 5.91 Å². The summed E-state index contributed by atoms with van der Waals surface area (Å²) in [5.74, 6) is -1.98. The minimum absolute atomic E-state index is 0.00360. The van der Waals surface area contributed by atoms with Crippen LogP contribution in [0.5, 0.6) is 0 Å². The van der Waals surface area contributed by atoms with Gasteiger partial charge in [-0.15, -0.1) is 0 Å². The van der Waals surface area contributed by atoms with E-state index in [1.165, 1.54) is 18.2 Å². The number of benzene rings is 2. The monoisotopic (exact) mass is 384 g/mol. The number of carbonyl (C=O) groups is 2. The van der Waals surface area contributed by atoms with E-state index in [1.54, 1.807) is 18.0 Å². The van der Waals surface area contributed by atoms with Crippen molar-refractivity contribution in [3.63, 3.8) is 0 Å². The van der Waals surface area contributed by atoms with Crippen molar-refractivity contribution in [2.24, 2.45) is 0 Å². The molecule has 2 aromatic rings. The van der Waals surface area contributed by atoms with E-state index in [4.69, 9.17) is 9.47 Å². The molecule has 2 amide bonds. The number of ether oxygens (including phenoxy) is 2. The molecular weight excluding hydrogens is 363 g/mol. The molecule has 0 radical (unpaired) electrons.